The van der Waals surface area contributed by atoms with Crippen LogP contribution in [0.25, 0.3) is 79.3 Å². The maximum absolute atomic E-state index is 6.89. The van der Waals surface area contributed by atoms with Crippen molar-refractivity contribution in [2.45, 2.75) is 5.41 Å². The van der Waals surface area contributed by atoms with E-state index in [1.165, 1.54) is 0 Å². The molecular weight excluding hydrogens is 725 g/mol. The number of nitrogens with zero attached hydrogens (tertiary/aromatic N) is 4. The summed E-state index contributed by atoms with van der Waals surface area (Å²) in [5, 5.41) is 2.07. The molecule has 0 fully saturated rings. The maximum Gasteiger partial charge on any atom is 0.160 e. The molecule has 2 aliphatic rings. The fourth-order valence-electron chi connectivity index (χ4n) is 9.02. The highest BCUT2D eigenvalue weighted by Gasteiger charge is 2.48. The quantitative estimate of drug-likeness (QED) is 0.178. The van der Waals surface area contributed by atoms with Crippen LogP contribution in [-0.4, -0.2) is 19.9 Å². The molecule has 0 amide bonds. The lowest BCUT2D eigenvalue weighted by molar-refractivity contribution is 0.435. The molecule has 1 aliphatic carbocycles. The minimum Gasteiger partial charge on any atom is -0.457 e. The molecule has 4 aromatic heterocycles. The van der Waals surface area contributed by atoms with E-state index < -0.39 is 5.41 Å². The summed E-state index contributed by atoms with van der Waals surface area (Å²) in [7, 11) is 0. The van der Waals surface area contributed by atoms with Gasteiger partial charge in [0.25, 0.3) is 0 Å². The van der Waals surface area contributed by atoms with Gasteiger partial charge in [-0.1, -0.05) is 115 Å². The molecule has 0 bridgehead atoms. The number of hydrogen-bond donors (Lipinski definition) is 0. The van der Waals surface area contributed by atoms with Crippen molar-refractivity contribution in [2.75, 3.05) is 0 Å². The summed E-state index contributed by atoms with van der Waals surface area (Å²) in [6.07, 6.45) is 9.93. The van der Waals surface area contributed by atoms with Crippen LogP contribution < -0.4 is 4.74 Å². The van der Waals surface area contributed by atoms with Crippen LogP contribution in [0.1, 0.15) is 33.4 Å². The van der Waals surface area contributed by atoms with E-state index in [2.05, 4.69) is 114 Å². The largest absolute Gasteiger partial charge is 0.457 e. The number of ether oxygens (including phenoxy) is 1. The van der Waals surface area contributed by atoms with Gasteiger partial charge in [-0.15, -0.1) is 0 Å². The minimum absolute atomic E-state index is 0.616. The fraction of sp³-hybridized carbons (Fsp3) is 0.0189. The number of fused-ring (bicyclic) bond motifs is 11. The van der Waals surface area contributed by atoms with E-state index in [1.54, 1.807) is 6.20 Å². The molecule has 6 nitrogen and oxygen atoms in total. The van der Waals surface area contributed by atoms with Crippen LogP contribution >= 0.6 is 0 Å². The van der Waals surface area contributed by atoms with Gasteiger partial charge in [0.1, 0.15) is 22.7 Å². The van der Waals surface area contributed by atoms with E-state index in [0.717, 1.165) is 106 Å². The van der Waals surface area contributed by atoms with E-state index in [1.807, 2.05) is 79.1 Å². The predicted octanol–water partition coefficient (Wildman–Crippen LogP) is 12.8. The molecule has 276 valence electrons. The van der Waals surface area contributed by atoms with Crippen LogP contribution in [0, 0.1) is 0 Å². The van der Waals surface area contributed by atoms with Gasteiger partial charge < -0.3 is 9.15 Å². The third-order valence-electron chi connectivity index (χ3n) is 11.7. The summed E-state index contributed by atoms with van der Waals surface area (Å²) in [6, 6.07) is 56.6. The molecule has 0 saturated carbocycles. The van der Waals surface area contributed by atoms with Crippen LogP contribution in [0.3, 0.4) is 0 Å². The lowest BCUT2D eigenvalue weighted by Gasteiger charge is -2.42. The monoisotopic (exact) mass is 756 g/mol. The molecule has 1 spiro atoms. The van der Waals surface area contributed by atoms with Gasteiger partial charge in [-0.2, -0.15) is 0 Å². The van der Waals surface area contributed by atoms with Crippen LogP contribution in [0.15, 0.2) is 187 Å². The zero-order chi connectivity index (χ0) is 38.9. The molecule has 1 atom stereocenters. The molecule has 6 heteroatoms. The Labute approximate surface area is 339 Å². The molecule has 0 radical (unpaired) electrons. The van der Waals surface area contributed by atoms with Gasteiger partial charge in [0, 0.05) is 62.7 Å². The Hall–Kier alpha value is -7.96. The van der Waals surface area contributed by atoms with Crippen molar-refractivity contribution in [3.05, 3.63) is 216 Å². The first kappa shape index (κ1) is 33.2. The molecule has 0 N–H and O–H groups in total. The molecule has 5 heterocycles. The molecule has 12 rings (SSSR count). The second kappa shape index (κ2) is 13.0. The van der Waals surface area contributed by atoms with Gasteiger partial charge in [0.2, 0.25) is 0 Å². The van der Waals surface area contributed by atoms with Crippen molar-refractivity contribution in [1.29, 1.82) is 0 Å². The number of furan rings is 1. The first-order valence-corrected chi connectivity index (χ1v) is 19.7. The Kier molecular flexibility index (Phi) is 7.34. The Bertz CT molecular complexity index is 3300. The lowest BCUT2D eigenvalue weighted by Crippen LogP contribution is -2.35. The summed E-state index contributed by atoms with van der Waals surface area (Å²) in [5.41, 5.74) is 13.6. The topological polar surface area (TPSA) is 73.9 Å². The number of aromatic nitrogens is 4. The normalized spacial score (nSPS) is 14.9. The van der Waals surface area contributed by atoms with Crippen LogP contribution in [-0.2, 0) is 5.41 Å². The SMILES string of the molecule is C1=Cc2ccc(-c3nc(-c4ccccc4)cc(-c4ccc(-c5cccnc5)nc4)n3)cc2C2(c3ccccc31)c1ccccc1Oc1cc3c(cc12)oc1ccccc13. The van der Waals surface area contributed by atoms with E-state index in [4.69, 9.17) is 24.1 Å². The van der Waals surface area contributed by atoms with E-state index in [9.17, 15) is 0 Å². The minimum atomic E-state index is -0.797. The van der Waals surface area contributed by atoms with Crippen molar-refractivity contribution >= 4 is 34.1 Å². The first-order valence-electron chi connectivity index (χ1n) is 19.7. The summed E-state index contributed by atoms with van der Waals surface area (Å²) < 4.78 is 13.5. The second-order valence-electron chi connectivity index (χ2n) is 15.0. The van der Waals surface area contributed by atoms with Crippen molar-refractivity contribution in [1.82, 2.24) is 19.9 Å². The number of rotatable bonds is 4. The van der Waals surface area contributed by atoms with Crippen LogP contribution in [0.5, 0.6) is 11.5 Å². The highest BCUT2D eigenvalue weighted by molar-refractivity contribution is 6.06. The van der Waals surface area contributed by atoms with E-state index in [0.29, 0.717) is 5.82 Å². The van der Waals surface area contributed by atoms with Crippen molar-refractivity contribution < 1.29 is 9.15 Å². The smallest absolute Gasteiger partial charge is 0.160 e. The molecule has 59 heavy (non-hydrogen) atoms. The molecule has 1 unspecified atom stereocenters. The lowest BCUT2D eigenvalue weighted by atomic mass is 9.62. The third kappa shape index (κ3) is 5.20. The Balaban J connectivity index is 1.11. The van der Waals surface area contributed by atoms with E-state index in [-0.39, 0.29) is 0 Å². The highest BCUT2D eigenvalue weighted by atomic mass is 16.5. The highest BCUT2D eigenvalue weighted by Crippen LogP contribution is 2.59. The Morgan fingerprint density at radius 3 is 2.00 bits per heavy atom. The number of pyridine rings is 2. The van der Waals surface area contributed by atoms with Crippen molar-refractivity contribution in [3.63, 3.8) is 0 Å². The summed E-state index contributed by atoms with van der Waals surface area (Å²) in [4.78, 5) is 19.7. The molecule has 6 aromatic carbocycles. The summed E-state index contributed by atoms with van der Waals surface area (Å²) in [5.74, 6) is 2.22. The second-order valence-corrected chi connectivity index (χ2v) is 15.0. The van der Waals surface area contributed by atoms with Gasteiger partial charge >= 0.3 is 0 Å². The zero-order valence-electron chi connectivity index (χ0n) is 31.6. The number of para-hydroxylation sites is 2. The van der Waals surface area contributed by atoms with Crippen molar-refractivity contribution in [2.24, 2.45) is 0 Å². The molecule has 1 aliphatic heterocycles. The third-order valence-corrected chi connectivity index (χ3v) is 11.7. The maximum atomic E-state index is 6.89. The molecule has 10 aromatic rings. The predicted molar refractivity (Wildman–Crippen MR) is 234 cm³/mol. The average Bonchev–Trinajstić information content (AvgIpc) is 3.60. The van der Waals surface area contributed by atoms with Gasteiger partial charge in [-0.05, 0) is 82.9 Å². The molecule has 0 saturated heterocycles. The van der Waals surface area contributed by atoms with Gasteiger partial charge in [-0.3, -0.25) is 9.97 Å². The van der Waals surface area contributed by atoms with Crippen molar-refractivity contribution in [3.8, 4) is 56.7 Å². The Morgan fingerprint density at radius 1 is 0.424 bits per heavy atom. The zero-order valence-corrected chi connectivity index (χ0v) is 31.6. The number of hydrogen-bond acceptors (Lipinski definition) is 6. The van der Waals surface area contributed by atoms with Gasteiger partial charge in [0.05, 0.1) is 22.5 Å². The standard InChI is InChI=1S/C53H32N4O2/c1-2-12-35(13-3-1)46-30-47(38-24-25-45(55-32-38)37-14-10-26-54-31-37)57-52(56-46)36-23-22-34-21-20-33-11-4-6-16-41(33)53(43(34)27-36)42-17-7-9-19-49(42)59-51-28-40-39-15-5-8-18-48(39)58-50(40)29-44(51)53/h1-32H. The Morgan fingerprint density at radius 2 is 1.15 bits per heavy atom. The summed E-state index contributed by atoms with van der Waals surface area (Å²) in [6.45, 7) is 0. The number of benzene rings is 6. The van der Waals surface area contributed by atoms with Crippen LogP contribution in [0.4, 0.5) is 0 Å². The van der Waals surface area contributed by atoms with Gasteiger partial charge in [-0.25, -0.2) is 9.97 Å². The summed E-state index contributed by atoms with van der Waals surface area (Å²) >= 11 is 0. The van der Waals surface area contributed by atoms with Crippen LogP contribution in [0.2, 0.25) is 0 Å². The fourth-order valence-corrected chi connectivity index (χ4v) is 9.02. The van der Waals surface area contributed by atoms with Gasteiger partial charge in [0.15, 0.2) is 5.82 Å². The average molecular weight is 757 g/mol. The van der Waals surface area contributed by atoms with E-state index >= 15 is 0 Å². The molecular formula is C53H32N4O2. The first-order chi connectivity index (χ1) is 29.2.